The molecule has 5 heteroatoms. The van der Waals surface area contributed by atoms with Gasteiger partial charge in [0.05, 0.1) is 6.61 Å². The first-order valence-electron chi connectivity index (χ1n) is 6.32. The van der Waals surface area contributed by atoms with E-state index >= 15 is 0 Å². The first kappa shape index (κ1) is 13.4. The molecule has 1 amide bonds. The summed E-state index contributed by atoms with van der Waals surface area (Å²) in [6, 6.07) is 6.77. The van der Waals surface area contributed by atoms with Gasteiger partial charge in [-0.25, -0.2) is 4.79 Å². The lowest BCUT2D eigenvalue weighted by atomic mass is 10.0. The molecule has 5 nitrogen and oxygen atoms in total. The molecule has 2 atom stereocenters. The van der Waals surface area contributed by atoms with Gasteiger partial charge in [0, 0.05) is 5.56 Å². The van der Waals surface area contributed by atoms with E-state index in [1.165, 1.54) is 0 Å². The lowest BCUT2D eigenvalue weighted by Crippen LogP contribution is -2.42. The van der Waals surface area contributed by atoms with Crippen LogP contribution in [0.3, 0.4) is 0 Å². The van der Waals surface area contributed by atoms with E-state index in [0.29, 0.717) is 13.2 Å². The second-order valence-electron chi connectivity index (χ2n) is 4.38. The van der Waals surface area contributed by atoms with Crippen LogP contribution in [0.4, 0.5) is 0 Å². The van der Waals surface area contributed by atoms with E-state index in [1.807, 2.05) is 24.3 Å². The highest BCUT2D eigenvalue weighted by Crippen LogP contribution is 2.33. The first-order chi connectivity index (χ1) is 9.13. The zero-order valence-corrected chi connectivity index (χ0v) is 11.0. The number of nitrogens with one attached hydrogen (secondary N) is 1. The number of carbonyl (C=O) groups is 2. The van der Waals surface area contributed by atoms with Gasteiger partial charge in [-0.1, -0.05) is 18.2 Å². The molecule has 2 unspecified atom stereocenters. The molecule has 0 saturated heterocycles. The summed E-state index contributed by atoms with van der Waals surface area (Å²) in [5.74, 6) is -0.284. The standard InChI is InChI=1S/C14H17NO4/c1-3-18-14(17)9(2)15-13(16)11-8-19-12-7-5-4-6-10(11)12/h4-7,9,11H,3,8H2,1-2H3,(H,15,16). The van der Waals surface area contributed by atoms with Gasteiger partial charge in [0.1, 0.15) is 24.3 Å². The summed E-state index contributed by atoms with van der Waals surface area (Å²) < 4.78 is 10.3. The van der Waals surface area contributed by atoms with Gasteiger partial charge in [-0.2, -0.15) is 0 Å². The molecular weight excluding hydrogens is 246 g/mol. The molecular formula is C14H17NO4. The first-order valence-corrected chi connectivity index (χ1v) is 6.32. The normalized spacial score (nSPS) is 18.1. The fraction of sp³-hybridized carbons (Fsp3) is 0.429. The van der Waals surface area contributed by atoms with Gasteiger partial charge < -0.3 is 14.8 Å². The maximum atomic E-state index is 12.1. The summed E-state index contributed by atoms with van der Waals surface area (Å²) in [5, 5.41) is 2.65. The van der Waals surface area contributed by atoms with Gasteiger partial charge in [-0.3, -0.25) is 4.79 Å². The molecule has 19 heavy (non-hydrogen) atoms. The smallest absolute Gasteiger partial charge is 0.328 e. The SMILES string of the molecule is CCOC(=O)C(C)NC(=O)C1COc2ccccc21. The van der Waals surface area contributed by atoms with E-state index in [-0.39, 0.29) is 11.8 Å². The third kappa shape index (κ3) is 2.86. The van der Waals surface area contributed by atoms with Crippen molar-refractivity contribution in [3.05, 3.63) is 29.8 Å². The van der Waals surface area contributed by atoms with Gasteiger partial charge in [0.25, 0.3) is 0 Å². The Morgan fingerprint density at radius 1 is 1.47 bits per heavy atom. The fourth-order valence-electron chi connectivity index (χ4n) is 2.02. The van der Waals surface area contributed by atoms with Crippen LogP contribution in [0.1, 0.15) is 25.3 Å². The molecule has 1 aromatic rings. The van der Waals surface area contributed by atoms with Crippen molar-refractivity contribution in [2.24, 2.45) is 0 Å². The number of esters is 1. The van der Waals surface area contributed by atoms with E-state index in [9.17, 15) is 9.59 Å². The number of rotatable bonds is 4. The number of para-hydroxylation sites is 1. The van der Waals surface area contributed by atoms with Crippen LogP contribution in [-0.4, -0.2) is 31.1 Å². The van der Waals surface area contributed by atoms with Crippen molar-refractivity contribution in [3.8, 4) is 5.75 Å². The monoisotopic (exact) mass is 263 g/mol. The molecule has 2 rings (SSSR count). The minimum absolute atomic E-state index is 0.217. The van der Waals surface area contributed by atoms with Gasteiger partial charge in [0.15, 0.2) is 0 Å². The Balaban J connectivity index is 2.00. The number of hydrogen-bond donors (Lipinski definition) is 1. The van der Waals surface area contributed by atoms with Crippen LogP contribution in [0.5, 0.6) is 5.75 Å². The van der Waals surface area contributed by atoms with Crippen molar-refractivity contribution in [1.82, 2.24) is 5.32 Å². The topological polar surface area (TPSA) is 64.6 Å². The maximum absolute atomic E-state index is 12.1. The van der Waals surface area contributed by atoms with Gasteiger partial charge in [-0.05, 0) is 19.9 Å². The van der Waals surface area contributed by atoms with E-state index in [1.54, 1.807) is 13.8 Å². The van der Waals surface area contributed by atoms with Gasteiger partial charge in [-0.15, -0.1) is 0 Å². The molecule has 1 aliphatic heterocycles. The Labute approximate surface area is 111 Å². The molecule has 1 N–H and O–H groups in total. The second-order valence-corrected chi connectivity index (χ2v) is 4.38. The van der Waals surface area contributed by atoms with E-state index in [2.05, 4.69) is 5.32 Å². The number of carbonyl (C=O) groups excluding carboxylic acids is 2. The van der Waals surface area contributed by atoms with Crippen molar-refractivity contribution < 1.29 is 19.1 Å². The van der Waals surface area contributed by atoms with Gasteiger partial charge >= 0.3 is 5.97 Å². The number of fused-ring (bicyclic) bond motifs is 1. The molecule has 1 heterocycles. The summed E-state index contributed by atoms with van der Waals surface area (Å²) in [7, 11) is 0. The highest BCUT2D eigenvalue weighted by atomic mass is 16.5. The van der Waals surface area contributed by atoms with E-state index < -0.39 is 12.0 Å². The average Bonchev–Trinajstić information content (AvgIpc) is 2.82. The predicted molar refractivity (Wildman–Crippen MR) is 68.9 cm³/mol. The zero-order valence-electron chi connectivity index (χ0n) is 11.0. The van der Waals surface area contributed by atoms with Crippen LogP contribution in [0.25, 0.3) is 0 Å². The minimum Gasteiger partial charge on any atom is -0.492 e. The van der Waals surface area contributed by atoms with Gasteiger partial charge in [0.2, 0.25) is 5.91 Å². The Hall–Kier alpha value is -2.04. The molecule has 0 aromatic heterocycles. The Morgan fingerprint density at radius 2 is 2.21 bits per heavy atom. The van der Waals surface area contributed by atoms with Crippen LogP contribution >= 0.6 is 0 Å². The molecule has 0 saturated carbocycles. The molecule has 1 aromatic carbocycles. The molecule has 1 aliphatic rings. The largest absolute Gasteiger partial charge is 0.492 e. The summed E-state index contributed by atoms with van der Waals surface area (Å²) in [4.78, 5) is 23.6. The summed E-state index contributed by atoms with van der Waals surface area (Å²) >= 11 is 0. The quantitative estimate of drug-likeness (QED) is 0.830. The highest BCUT2D eigenvalue weighted by molar-refractivity contribution is 5.89. The molecule has 102 valence electrons. The maximum Gasteiger partial charge on any atom is 0.328 e. The average molecular weight is 263 g/mol. The Bertz CT molecular complexity index is 486. The Morgan fingerprint density at radius 3 is 2.95 bits per heavy atom. The zero-order chi connectivity index (χ0) is 13.8. The third-order valence-corrected chi connectivity index (χ3v) is 3.02. The van der Waals surface area contributed by atoms with Crippen LogP contribution in [-0.2, 0) is 14.3 Å². The molecule has 0 bridgehead atoms. The number of hydrogen-bond acceptors (Lipinski definition) is 4. The van der Waals surface area contributed by atoms with Crippen LogP contribution in [0.15, 0.2) is 24.3 Å². The highest BCUT2D eigenvalue weighted by Gasteiger charge is 2.31. The fourth-order valence-corrected chi connectivity index (χ4v) is 2.02. The van der Waals surface area contributed by atoms with Crippen molar-refractivity contribution in [1.29, 1.82) is 0 Å². The summed E-state index contributed by atoms with van der Waals surface area (Å²) in [5.41, 5.74) is 0.857. The number of benzene rings is 1. The van der Waals surface area contributed by atoms with Crippen molar-refractivity contribution in [3.63, 3.8) is 0 Å². The Kier molecular flexibility index (Phi) is 4.04. The van der Waals surface area contributed by atoms with Crippen LogP contribution in [0.2, 0.25) is 0 Å². The summed E-state index contributed by atoms with van der Waals surface area (Å²) in [6.07, 6.45) is 0. The predicted octanol–water partition coefficient (Wildman–Crippen LogP) is 1.23. The van der Waals surface area contributed by atoms with Crippen molar-refractivity contribution in [2.75, 3.05) is 13.2 Å². The van der Waals surface area contributed by atoms with E-state index in [0.717, 1.165) is 11.3 Å². The van der Waals surface area contributed by atoms with E-state index in [4.69, 9.17) is 9.47 Å². The minimum atomic E-state index is -0.653. The van der Waals surface area contributed by atoms with Crippen molar-refractivity contribution in [2.45, 2.75) is 25.8 Å². The second kappa shape index (κ2) is 5.73. The lowest BCUT2D eigenvalue weighted by molar-refractivity contribution is -0.147. The third-order valence-electron chi connectivity index (χ3n) is 3.02. The van der Waals surface area contributed by atoms with Crippen molar-refractivity contribution >= 4 is 11.9 Å². The van der Waals surface area contributed by atoms with Crippen LogP contribution in [0, 0.1) is 0 Å². The molecule has 0 spiro atoms. The molecule has 0 aliphatic carbocycles. The summed E-state index contributed by atoms with van der Waals surface area (Å²) in [6.45, 7) is 3.94. The molecule has 0 radical (unpaired) electrons. The number of ether oxygens (including phenoxy) is 2. The lowest BCUT2D eigenvalue weighted by Gasteiger charge is -2.15. The molecule has 0 fully saturated rings. The number of amides is 1. The van der Waals surface area contributed by atoms with Crippen LogP contribution < -0.4 is 10.1 Å².